The summed E-state index contributed by atoms with van der Waals surface area (Å²) < 4.78 is 5.72. The zero-order chi connectivity index (χ0) is 17.1. The summed E-state index contributed by atoms with van der Waals surface area (Å²) in [6.45, 7) is 4.25. The van der Waals surface area contributed by atoms with Gasteiger partial charge in [0.2, 0.25) is 5.91 Å². The molecule has 1 aliphatic heterocycles. The van der Waals surface area contributed by atoms with Gasteiger partial charge in [0.1, 0.15) is 18.4 Å². The average Bonchev–Trinajstić information content (AvgIpc) is 2.82. The fourth-order valence-electron chi connectivity index (χ4n) is 2.85. The van der Waals surface area contributed by atoms with Crippen LogP contribution in [0, 0.1) is 6.92 Å². The van der Waals surface area contributed by atoms with E-state index in [1.165, 1.54) is 12.5 Å². The van der Waals surface area contributed by atoms with E-state index in [0.29, 0.717) is 13.2 Å². The monoisotopic (exact) mass is 324 g/mol. The number of nitrogens with zero attached hydrogens (tertiary/aromatic N) is 1. The Hall–Kier alpha value is -2.82. The third kappa shape index (κ3) is 3.25. The van der Waals surface area contributed by atoms with E-state index in [2.05, 4.69) is 5.32 Å². The molecule has 1 unspecified atom stereocenters. The predicted molar refractivity (Wildman–Crippen MR) is 92.0 cm³/mol. The second kappa shape index (κ2) is 6.74. The van der Waals surface area contributed by atoms with Crippen LogP contribution < -0.4 is 15.0 Å². The molecule has 1 N–H and O–H groups in total. The van der Waals surface area contributed by atoms with Gasteiger partial charge in [-0.15, -0.1) is 0 Å². The van der Waals surface area contributed by atoms with Crippen molar-refractivity contribution in [2.45, 2.75) is 19.9 Å². The lowest BCUT2D eigenvalue weighted by molar-refractivity contribution is -0.126. The van der Waals surface area contributed by atoms with Crippen molar-refractivity contribution in [3.8, 4) is 5.75 Å². The Morgan fingerprint density at radius 2 is 1.88 bits per heavy atom. The molecule has 0 aromatic heterocycles. The number of nitrogens with one attached hydrogen (secondary N) is 1. The molecule has 5 heteroatoms. The Morgan fingerprint density at radius 1 is 1.17 bits per heavy atom. The zero-order valence-corrected chi connectivity index (χ0v) is 13.8. The Labute approximate surface area is 141 Å². The van der Waals surface area contributed by atoms with E-state index in [9.17, 15) is 9.59 Å². The van der Waals surface area contributed by atoms with Crippen LogP contribution in [0.2, 0.25) is 0 Å². The smallest absolute Gasteiger partial charge is 0.254 e. The maximum Gasteiger partial charge on any atom is 0.254 e. The number of fused-ring (bicyclic) bond motifs is 1. The Bertz CT molecular complexity index is 755. The summed E-state index contributed by atoms with van der Waals surface area (Å²) in [5, 5.41) is 2.72. The molecule has 0 aliphatic carbocycles. The molecule has 0 radical (unpaired) electrons. The topological polar surface area (TPSA) is 58.6 Å². The number of hydrogen-bond acceptors (Lipinski definition) is 3. The third-order valence-corrected chi connectivity index (χ3v) is 4.00. The molecule has 2 aromatic rings. The number of rotatable bonds is 5. The van der Waals surface area contributed by atoms with Gasteiger partial charge < -0.3 is 15.0 Å². The minimum absolute atomic E-state index is 0.126. The molecule has 2 amide bonds. The first-order valence-electron chi connectivity index (χ1n) is 7.93. The summed E-state index contributed by atoms with van der Waals surface area (Å²) in [5.41, 5.74) is 2.82. The second-order valence-electron chi connectivity index (χ2n) is 5.84. The summed E-state index contributed by atoms with van der Waals surface area (Å²) in [4.78, 5) is 25.7. The average molecular weight is 324 g/mol. The lowest BCUT2D eigenvalue weighted by Crippen LogP contribution is -2.38. The fourth-order valence-corrected chi connectivity index (χ4v) is 2.85. The van der Waals surface area contributed by atoms with Crippen molar-refractivity contribution in [2.75, 3.05) is 18.1 Å². The summed E-state index contributed by atoms with van der Waals surface area (Å²) in [6, 6.07) is 14.7. The van der Waals surface area contributed by atoms with Crippen LogP contribution >= 0.6 is 0 Å². The highest BCUT2D eigenvalue weighted by Gasteiger charge is 2.37. The molecule has 0 saturated carbocycles. The molecule has 24 heavy (non-hydrogen) atoms. The largest absolute Gasteiger partial charge is 0.492 e. The van der Waals surface area contributed by atoms with E-state index in [1.807, 2.05) is 55.5 Å². The second-order valence-corrected chi connectivity index (χ2v) is 5.84. The molecule has 1 aliphatic rings. The van der Waals surface area contributed by atoms with Gasteiger partial charge in [0.05, 0.1) is 6.54 Å². The number of carbonyl (C=O) groups is 2. The molecule has 124 valence electrons. The van der Waals surface area contributed by atoms with E-state index < -0.39 is 6.04 Å². The van der Waals surface area contributed by atoms with Gasteiger partial charge in [-0.1, -0.05) is 35.9 Å². The molecule has 0 bridgehead atoms. The molecule has 5 nitrogen and oxygen atoms in total. The van der Waals surface area contributed by atoms with Crippen molar-refractivity contribution in [3.05, 3.63) is 59.7 Å². The Morgan fingerprint density at radius 3 is 2.58 bits per heavy atom. The predicted octanol–water partition coefficient (Wildman–Crippen LogP) is 2.60. The SMILES string of the molecule is CC(=O)NC1C(=O)N(CCOc2ccc(C)cc2)c2ccccc21. The standard InChI is InChI=1S/C19H20N2O3/c1-13-7-9-15(10-8-13)24-12-11-21-17-6-4-3-5-16(17)18(19(21)23)20-14(2)22/h3-10,18H,11-12H2,1-2H3,(H,20,22). The van der Waals surface area contributed by atoms with Crippen LogP contribution in [0.25, 0.3) is 0 Å². The van der Waals surface area contributed by atoms with Crippen LogP contribution in [-0.2, 0) is 9.59 Å². The number of amides is 2. The van der Waals surface area contributed by atoms with E-state index in [4.69, 9.17) is 4.74 Å². The van der Waals surface area contributed by atoms with E-state index in [1.54, 1.807) is 4.90 Å². The van der Waals surface area contributed by atoms with Crippen molar-refractivity contribution in [1.82, 2.24) is 5.32 Å². The molecular weight excluding hydrogens is 304 g/mol. The fraction of sp³-hybridized carbons (Fsp3) is 0.263. The number of benzene rings is 2. The van der Waals surface area contributed by atoms with Crippen LogP contribution in [0.15, 0.2) is 48.5 Å². The Balaban J connectivity index is 1.70. The van der Waals surface area contributed by atoms with E-state index >= 15 is 0 Å². The quantitative estimate of drug-likeness (QED) is 0.920. The van der Waals surface area contributed by atoms with Gasteiger partial charge in [-0.3, -0.25) is 9.59 Å². The molecule has 1 atom stereocenters. The van der Waals surface area contributed by atoms with Gasteiger partial charge in [-0.2, -0.15) is 0 Å². The minimum Gasteiger partial charge on any atom is -0.492 e. The number of anilines is 1. The lowest BCUT2D eigenvalue weighted by atomic mass is 10.1. The summed E-state index contributed by atoms with van der Waals surface area (Å²) in [6.07, 6.45) is 0. The first-order valence-corrected chi connectivity index (χ1v) is 7.93. The number of hydrogen-bond donors (Lipinski definition) is 1. The highest BCUT2D eigenvalue weighted by molar-refractivity contribution is 6.06. The van der Waals surface area contributed by atoms with Gasteiger partial charge in [0.25, 0.3) is 5.91 Å². The maximum absolute atomic E-state index is 12.6. The highest BCUT2D eigenvalue weighted by Crippen LogP contribution is 2.35. The number of carbonyl (C=O) groups excluding carboxylic acids is 2. The lowest BCUT2D eigenvalue weighted by Gasteiger charge is -2.18. The zero-order valence-electron chi connectivity index (χ0n) is 13.8. The van der Waals surface area contributed by atoms with Crippen LogP contribution in [0.1, 0.15) is 24.1 Å². The van der Waals surface area contributed by atoms with Crippen molar-refractivity contribution in [2.24, 2.45) is 0 Å². The van der Waals surface area contributed by atoms with E-state index in [0.717, 1.165) is 17.0 Å². The first kappa shape index (κ1) is 16.1. The highest BCUT2D eigenvalue weighted by atomic mass is 16.5. The molecule has 1 heterocycles. The molecule has 0 saturated heterocycles. The summed E-state index contributed by atoms with van der Waals surface area (Å²) in [7, 11) is 0. The van der Waals surface area contributed by atoms with Crippen molar-refractivity contribution >= 4 is 17.5 Å². The van der Waals surface area contributed by atoms with Gasteiger partial charge in [0, 0.05) is 18.2 Å². The van der Waals surface area contributed by atoms with Crippen LogP contribution in [0.3, 0.4) is 0 Å². The van der Waals surface area contributed by atoms with Gasteiger partial charge in [0.15, 0.2) is 0 Å². The van der Waals surface area contributed by atoms with Crippen molar-refractivity contribution < 1.29 is 14.3 Å². The first-order chi connectivity index (χ1) is 11.6. The Kier molecular flexibility index (Phi) is 4.51. The molecule has 3 rings (SSSR count). The maximum atomic E-state index is 12.6. The molecule has 0 spiro atoms. The van der Waals surface area contributed by atoms with Crippen LogP contribution in [-0.4, -0.2) is 25.0 Å². The molecular formula is C19H20N2O3. The third-order valence-electron chi connectivity index (χ3n) is 4.00. The van der Waals surface area contributed by atoms with Gasteiger partial charge in [-0.05, 0) is 25.1 Å². The van der Waals surface area contributed by atoms with Crippen LogP contribution in [0.4, 0.5) is 5.69 Å². The summed E-state index contributed by atoms with van der Waals surface area (Å²) >= 11 is 0. The van der Waals surface area contributed by atoms with Crippen molar-refractivity contribution in [3.63, 3.8) is 0 Å². The van der Waals surface area contributed by atoms with Gasteiger partial charge in [-0.25, -0.2) is 0 Å². The van der Waals surface area contributed by atoms with Crippen LogP contribution in [0.5, 0.6) is 5.75 Å². The number of ether oxygens (including phenoxy) is 1. The molecule has 2 aromatic carbocycles. The van der Waals surface area contributed by atoms with E-state index in [-0.39, 0.29) is 11.8 Å². The minimum atomic E-state index is -0.613. The van der Waals surface area contributed by atoms with Gasteiger partial charge >= 0.3 is 0 Å². The number of aryl methyl sites for hydroxylation is 1. The normalized spacial score (nSPS) is 16.0. The van der Waals surface area contributed by atoms with Crippen molar-refractivity contribution in [1.29, 1.82) is 0 Å². The molecule has 0 fully saturated rings. The summed E-state index contributed by atoms with van der Waals surface area (Å²) in [5.74, 6) is 0.429. The number of para-hydroxylation sites is 1.